The zero-order valence-electron chi connectivity index (χ0n) is 10.8. The van der Waals surface area contributed by atoms with E-state index in [1.807, 2.05) is 0 Å². The fraction of sp³-hybridized carbons (Fsp3) is 0.308. The van der Waals surface area contributed by atoms with Crippen LogP contribution >= 0.6 is 11.6 Å². The maximum atomic E-state index is 11.9. The highest BCUT2D eigenvalue weighted by atomic mass is 35.5. The molecular weight excluding hydrogens is 272 g/mol. The van der Waals surface area contributed by atoms with Gasteiger partial charge in [0.25, 0.3) is 0 Å². The molecule has 0 saturated carbocycles. The summed E-state index contributed by atoms with van der Waals surface area (Å²) in [5.41, 5.74) is 0.772. The van der Waals surface area contributed by atoms with E-state index in [1.54, 1.807) is 6.92 Å². The van der Waals surface area contributed by atoms with Gasteiger partial charge >= 0.3 is 11.9 Å². The van der Waals surface area contributed by atoms with Gasteiger partial charge in [-0.25, -0.2) is 0 Å². The first-order chi connectivity index (χ1) is 8.81. The second-order valence-corrected chi connectivity index (χ2v) is 4.30. The topological polar surface area (TPSA) is 69.7 Å². The van der Waals surface area contributed by atoms with Crippen LogP contribution < -0.4 is 4.74 Å². The Balaban J connectivity index is 3.09. The van der Waals surface area contributed by atoms with Crippen LogP contribution in [0.1, 0.15) is 29.8 Å². The van der Waals surface area contributed by atoms with Gasteiger partial charge in [0.05, 0.1) is 5.56 Å². The van der Waals surface area contributed by atoms with Gasteiger partial charge in [0.2, 0.25) is 5.78 Å². The van der Waals surface area contributed by atoms with E-state index in [0.29, 0.717) is 10.6 Å². The van der Waals surface area contributed by atoms with Crippen molar-refractivity contribution >= 4 is 29.3 Å². The van der Waals surface area contributed by atoms with Gasteiger partial charge in [0.15, 0.2) is 6.61 Å². The summed E-state index contributed by atoms with van der Waals surface area (Å²) in [6, 6.07) is 2.88. The molecule has 0 radical (unpaired) electrons. The van der Waals surface area contributed by atoms with Crippen LogP contribution in [0.4, 0.5) is 0 Å². The van der Waals surface area contributed by atoms with Crippen LogP contribution in [0.5, 0.6) is 5.75 Å². The number of esters is 2. The van der Waals surface area contributed by atoms with Gasteiger partial charge in [-0.05, 0) is 24.6 Å². The van der Waals surface area contributed by atoms with Crippen LogP contribution in [0.15, 0.2) is 12.1 Å². The molecule has 1 rings (SSSR count). The third kappa shape index (κ3) is 4.37. The highest BCUT2D eigenvalue weighted by molar-refractivity contribution is 6.31. The van der Waals surface area contributed by atoms with E-state index >= 15 is 0 Å². The molecule has 1 aromatic rings. The molecule has 0 saturated heterocycles. The Labute approximate surface area is 115 Å². The summed E-state index contributed by atoms with van der Waals surface area (Å²) in [5, 5.41) is 0.363. The highest BCUT2D eigenvalue weighted by Gasteiger charge is 2.17. The molecule has 0 spiro atoms. The van der Waals surface area contributed by atoms with Gasteiger partial charge < -0.3 is 9.47 Å². The fourth-order valence-corrected chi connectivity index (χ4v) is 1.52. The van der Waals surface area contributed by atoms with E-state index in [1.165, 1.54) is 26.0 Å². The van der Waals surface area contributed by atoms with Crippen molar-refractivity contribution in [1.29, 1.82) is 0 Å². The number of ketones is 1. The summed E-state index contributed by atoms with van der Waals surface area (Å²) < 4.78 is 9.57. The first-order valence-electron chi connectivity index (χ1n) is 5.46. The predicted molar refractivity (Wildman–Crippen MR) is 68.5 cm³/mol. The number of halogens is 1. The van der Waals surface area contributed by atoms with Gasteiger partial charge in [-0.2, -0.15) is 0 Å². The summed E-state index contributed by atoms with van der Waals surface area (Å²) in [5.74, 6) is -1.51. The monoisotopic (exact) mass is 284 g/mol. The number of carbonyl (C=O) groups is 3. The van der Waals surface area contributed by atoms with E-state index in [0.717, 1.165) is 0 Å². The zero-order valence-corrected chi connectivity index (χ0v) is 11.5. The average molecular weight is 285 g/mol. The summed E-state index contributed by atoms with van der Waals surface area (Å²) in [6.45, 7) is 3.71. The Morgan fingerprint density at radius 1 is 1.16 bits per heavy atom. The predicted octanol–water partition coefficient (Wildman–Crippen LogP) is 2.32. The molecule has 102 valence electrons. The molecular formula is C13H13ClO5. The van der Waals surface area contributed by atoms with Gasteiger partial charge in [-0.3, -0.25) is 14.4 Å². The lowest BCUT2D eigenvalue weighted by Gasteiger charge is -2.10. The smallest absolute Gasteiger partial charge is 0.308 e. The van der Waals surface area contributed by atoms with Crippen LogP contribution in [-0.2, 0) is 14.3 Å². The molecule has 1 aromatic carbocycles. The van der Waals surface area contributed by atoms with Gasteiger partial charge in [-0.15, -0.1) is 0 Å². The van der Waals surface area contributed by atoms with Crippen LogP contribution in [0.3, 0.4) is 0 Å². The molecule has 6 heteroatoms. The first-order valence-corrected chi connectivity index (χ1v) is 5.84. The molecule has 0 fully saturated rings. The van der Waals surface area contributed by atoms with E-state index in [4.69, 9.17) is 16.3 Å². The lowest BCUT2D eigenvalue weighted by Crippen LogP contribution is -2.14. The van der Waals surface area contributed by atoms with E-state index in [9.17, 15) is 14.4 Å². The number of hydrogen-bond donors (Lipinski definition) is 0. The van der Waals surface area contributed by atoms with E-state index in [2.05, 4.69) is 4.74 Å². The Kier molecular flexibility index (Phi) is 5.06. The maximum absolute atomic E-state index is 11.9. The molecule has 0 aliphatic heterocycles. The molecule has 0 aliphatic rings. The van der Waals surface area contributed by atoms with E-state index < -0.39 is 24.3 Å². The third-order valence-electron chi connectivity index (χ3n) is 2.22. The van der Waals surface area contributed by atoms with Crippen LogP contribution in [0.25, 0.3) is 0 Å². The minimum absolute atomic E-state index is 0.103. The molecule has 0 aromatic heterocycles. The van der Waals surface area contributed by atoms with Crippen molar-refractivity contribution in [1.82, 2.24) is 0 Å². The van der Waals surface area contributed by atoms with Crippen molar-refractivity contribution < 1.29 is 23.9 Å². The first kappa shape index (κ1) is 15.2. The molecule has 0 amide bonds. The van der Waals surface area contributed by atoms with Crippen molar-refractivity contribution in [2.45, 2.75) is 20.8 Å². The summed E-state index contributed by atoms with van der Waals surface area (Å²) >= 11 is 5.93. The maximum Gasteiger partial charge on any atom is 0.308 e. The third-order valence-corrected chi connectivity index (χ3v) is 2.63. The Morgan fingerprint density at radius 3 is 2.32 bits per heavy atom. The van der Waals surface area contributed by atoms with Crippen molar-refractivity contribution in [2.75, 3.05) is 6.61 Å². The molecule has 19 heavy (non-hydrogen) atoms. The van der Waals surface area contributed by atoms with Gasteiger partial charge in [-0.1, -0.05) is 11.6 Å². The minimum atomic E-state index is -0.569. The largest absolute Gasteiger partial charge is 0.457 e. The molecule has 0 N–H and O–H groups in total. The number of benzene rings is 1. The Morgan fingerprint density at radius 2 is 1.79 bits per heavy atom. The SMILES string of the molecule is CC(=O)OCC(=O)c1cc(Cl)c(C)cc1OC(C)=O. The number of carbonyl (C=O) groups excluding carboxylic acids is 3. The van der Waals surface area contributed by atoms with E-state index in [-0.39, 0.29) is 11.3 Å². The number of hydrogen-bond acceptors (Lipinski definition) is 5. The zero-order chi connectivity index (χ0) is 14.6. The standard InChI is InChI=1S/C13H13ClO5/c1-7-4-13(19-9(3)16)10(5-11(7)14)12(17)6-18-8(2)15/h4-5H,6H2,1-3H3. The lowest BCUT2D eigenvalue weighted by atomic mass is 10.1. The summed E-state index contributed by atoms with van der Waals surface area (Å²) in [4.78, 5) is 33.6. The molecule has 0 atom stereocenters. The highest BCUT2D eigenvalue weighted by Crippen LogP contribution is 2.27. The van der Waals surface area contributed by atoms with Crippen molar-refractivity contribution in [3.05, 3.63) is 28.3 Å². The Bertz CT molecular complexity index is 536. The number of rotatable bonds is 4. The van der Waals surface area contributed by atoms with Gasteiger partial charge in [0, 0.05) is 18.9 Å². The molecule has 0 unspecified atom stereocenters. The van der Waals surface area contributed by atoms with Crippen molar-refractivity contribution in [2.24, 2.45) is 0 Å². The van der Waals surface area contributed by atoms with Crippen LogP contribution in [0.2, 0.25) is 5.02 Å². The molecule has 0 heterocycles. The second kappa shape index (κ2) is 6.33. The lowest BCUT2D eigenvalue weighted by molar-refractivity contribution is -0.140. The van der Waals surface area contributed by atoms with Crippen LogP contribution in [-0.4, -0.2) is 24.3 Å². The van der Waals surface area contributed by atoms with Crippen molar-refractivity contribution in [3.8, 4) is 5.75 Å². The number of ether oxygens (including phenoxy) is 2. The minimum Gasteiger partial charge on any atom is -0.457 e. The Hall–Kier alpha value is -1.88. The normalized spacial score (nSPS) is 9.89. The molecule has 5 nitrogen and oxygen atoms in total. The van der Waals surface area contributed by atoms with Crippen molar-refractivity contribution in [3.63, 3.8) is 0 Å². The van der Waals surface area contributed by atoms with Crippen LogP contribution in [0, 0.1) is 6.92 Å². The number of aryl methyl sites for hydroxylation is 1. The average Bonchev–Trinajstić information content (AvgIpc) is 2.29. The summed E-state index contributed by atoms with van der Waals surface area (Å²) in [6.07, 6.45) is 0. The second-order valence-electron chi connectivity index (χ2n) is 3.89. The molecule has 0 bridgehead atoms. The quantitative estimate of drug-likeness (QED) is 0.482. The molecule has 0 aliphatic carbocycles. The fourth-order valence-electron chi connectivity index (χ4n) is 1.36. The number of Topliss-reactive ketones (excluding diaryl/α,β-unsaturated/α-hetero) is 1. The summed E-state index contributed by atoms with van der Waals surface area (Å²) in [7, 11) is 0. The van der Waals surface area contributed by atoms with Gasteiger partial charge in [0.1, 0.15) is 5.75 Å².